The van der Waals surface area contributed by atoms with Crippen LogP contribution in [0.4, 0.5) is 10.2 Å². The van der Waals surface area contributed by atoms with E-state index in [4.69, 9.17) is 4.98 Å². The van der Waals surface area contributed by atoms with Gasteiger partial charge in [0.05, 0.1) is 18.3 Å². The third-order valence-corrected chi connectivity index (χ3v) is 5.66. The minimum absolute atomic E-state index is 0.000712. The first-order chi connectivity index (χ1) is 15.0. The highest BCUT2D eigenvalue weighted by Gasteiger charge is 2.20. The molecule has 156 valence electrons. The third-order valence-electron chi connectivity index (χ3n) is 5.13. The molecule has 0 bridgehead atoms. The second kappa shape index (κ2) is 9.35. The number of carbonyl (C=O) groups excluding carboxylic acids is 1. The first-order valence-electron chi connectivity index (χ1n) is 10.0. The lowest BCUT2D eigenvalue weighted by Gasteiger charge is -2.19. The van der Waals surface area contributed by atoms with Gasteiger partial charge in [0.25, 0.3) is 0 Å². The molecule has 0 saturated heterocycles. The lowest BCUT2D eigenvalue weighted by Crippen LogP contribution is -2.17. The normalized spacial score (nSPS) is 15.8. The molecule has 1 aromatic heterocycles. The molecule has 31 heavy (non-hydrogen) atoms. The summed E-state index contributed by atoms with van der Waals surface area (Å²) in [7, 11) is 0. The van der Waals surface area contributed by atoms with E-state index in [0.29, 0.717) is 23.6 Å². The molecular weight excluding hydrogens is 457 g/mol. The maximum atomic E-state index is 13.6. The molecular formula is C25H21BrFN3O. The van der Waals surface area contributed by atoms with Crippen LogP contribution in [-0.4, -0.2) is 15.9 Å². The highest BCUT2D eigenvalue weighted by Crippen LogP contribution is 2.34. The van der Waals surface area contributed by atoms with Gasteiger partial charge in [0.1, 0.15) is 11.5 Å². The molecule has 2 aromatic carbocycles. The summed E-state index contributed by atoms with van der Waals surface area (Å²) >= 11 is 3.40. The van der Waals surface area contributed by atoms with E-state index in [1.807, 2.05) is 61.5 Å². The number of hydrogen-bond donors (Lipinski definition) is 1. The Morgan fingerprint density at radius 3 is 2.58 bits per heavy atom. The summed E-state index contributed by atoms with van der Waals surface area (Å²) < 4.78 is 14.6. The number of rotatable bonds is 5. The van der Waals surface area contributed by atoms with Crippen molar-refractivity contribution in [2.24, 2.45) is 5.92 Å². The van der Waals surface area contributed by atoms with Crippen LogP contribution in [0.25, 0.3) is 16.8 Å². The Balaban J connectivity index is 1.65. The van der Waals surface area contributed by atoms with Gasteiger partial charge in [-0.3, -0.25) is 4.79 Å². The molecule has 0 aliphatic heterocycles. The van der Waals surface area contributed by atoms with E-state index >= 15 is 0 Å². The highest BCUT2D eigenvalue weighted by molar-refractivity contribution is 9.10. The molecule has 0 fully saturated rings. The molecule has 1 unspecified atom stereocenters. The number of carbonyl (C=O) groups is 1. The molecule has 0 spiro atoms. The Bertz CT molecular complexity index is 1160. The Morgan fingerprint density at radius 2 is 1.87 bits per heavy atom. The highest BCUT2D eigenvalue weighted by atomic mass is 79.9. The van der Waals surface area contributed by atoms with Crippen LogP contribution < -0.4 is 5.32 Å². The van der Waals surface area contributed by atoms with Gasteiger partial charge in [0.2, 0.25) is 5.91 Å². The summed E-state index contributed by atoms with van der Waals surface area (Å²) in [6.45, 7) is 1.97. The average Bonchev–Trinajstić information content (AvgIpc) is 2.76. The van der Waals surface area contributed by atoms with Crippen LogP contribution in [0.1, 0.15) is 24.6 Å². The zero-order valence-corrected chi connectivity index (χ0v) is 18.6. The molecule has 3 aromatic rings. The summed E-state index contributed by atoms with van der Waals surface area (Å²) in [5.41, 5.74) is 3.95. The number of anilines is 1. The van der Waals surface area contributed by atoms with Crippen LogP contribution in [0.3, 0.4) is 0 Å². The van der Waals surface area contributed by atoms with E-state index in [1.165, 1.54) is 6.08 Å². The zero-order valence-electron chi connectivity index (χ0n) is 17.0. The lowest BCUT2D eigenvalue weighted by molar-refractivity contribution is -0.115. The fourth-order valence-electron chi connectivity index (χ4n) is 3.53. The van der Waals surface area contributed by atoms with Crippen molar-refractivity contribution in [3.8, 4) is 11.3 Å². The standard InChI is InChI=1S/C25H21BrFN3O/c1-16-13-20(27)11-12-21(16)22-15-28-25(24(29-22)18-5-3-2-4-6-18)30-23(31)14-17-7-9-19(26)10-8-17/h2-12,15-16H,13-14H2,1H3,(H,28,30,31). The van der Waals surface area contributed by atoms with Crippen LogP contribution in [0.2, 0.25) is 0 Å². The molecule has 1 aliphatic rings. The number of nitrogens with one attached hydrogen (secondary N) is 1. The van der Waals surface area contributed by atoms with E-state index in [-0.39, 0.29) is 24.1 Å². The summed E-state index contributed by atoms with van der Waals surface area (Å²) in [6.07, 6.45) is 5.46. The van der Waals surface area contributed by atoms with Crippen LogP contribution in [0.5, 0.6) is 0 Å². The van der Waals surface area contributed by atoms with Gasteiger partial charge in [-0.1, -0.05) is 71.4 Å². The molecule has 1 amide bonds. The third kappa shape index (κ3) is 5.14. The molecule has 1 N–H and O–H groups in total. The Morgan fingerprint density at radius 1 is 1.13 bits per heavy atom. The van der Waals surface area contributed by atoms with Crippen molar-refractivity contribution in [3.63, 3.8) is 0 Å². The van der Waals surface area contributed by atoms with Gasteiger partial charge in [0, 0.05) is 16.5 Å². The topological polar surface area (TPSA) is 54.9 Å². The monoisotopic (exact) mass is 477 g/mol. The van der Waals surface area contributed by atoms with Crippen LogP contribution >= 0.6 is 15.9 Å². The van der Waals surface area contributed by atoms with Gasteiger partial charge in [0.15, 0.2) is 5.82 Å². The van der Waals surface area contributed by atoms with Gasteiger partial charge < -0.3 is 5.32 Å². The average molecular weight is 478 g/mol. The van der Waals surface area contributed by atoms with Crippen molar-refractivity contribution in [1.82, 2.24) is 9.97 Å². The number of halogens is 2. The fourth-order valence-corrected chi connectivity index (χ4v) is 3.80. The van der Waals surface area contributed by atoms with E-state index < -0.39 is 0 Å². The molecule has 4 nitrogen and oxygen atoms in total. The maximum Gasteiger partial charge on any atom is 0.230 e. The van der Waals surface area contributed by atoms with E-state index in [9.17, 15) is 9.18 Å². The number of amides is 1. The first-order valence-corrected chi connectivity index (χ1v) is 10.8. The molecule has 4 rings (SSSR count). The second-order valence-corrected chi connectivity index (χ2v) is 8.43. The van der Waals surface area contributed by atoms with Gasteiger partial charge in [-0.2, -0.15) is 0 Å². The molecule has 6 heteroatoms. The van der Waals surface area contributed by atoms with Crippen molar-refractivity contribution >= 4 is 33.2 Å². The summed E-state index contributed by atoms with van der Waals surface area (Å²) in [6, 6.07) is 17.2. The summed E-state index contributed by atoms with van der Waals surface area (Å²) in [5, 5.41) is 2.90. The van der Waals surface area contributed by atoms with Gasteiger partial charge in [-0.05, 0) is 35.3 Å². The maximum absolute atomic E-state index is 13.6. The smallest absolute Gasteiger partial charge is 0.230 e. The van der Waals surface area contributed by atoms with Crippen molar-refractivity contribution < 1.29 is 9.18 Å². The Kier molecular flexibility index (Phi) is 6.37. The molecule has 1 atom stereocenters. The molecule has 1 aliphatic carbocycles. The lowest BCUT2D eigenvalue weighted by atomic mass is 9.90. The van der Waals surface area contributed by atoms with Crippen LogP contribution in [0.15, 0.2) is 83.2 Å². The number of hydrogen-bond acceptors (Lipinski definition) is 3. The number of nitrogens with zero attached hydrogens (tertiary/aromatic N) is 2. The van der Waals surface area contributed by atoms with Crippen molar-refractivity contribution in [2.45, 2.75) is 19.8 Å². The quantitative estimate of drug-likeness (QED) is 0.464. The SMILES string of the molecule is CC1CC(F)=CC=C1c1cnc(NC(=O)Cc2ccc(Br)cc2)c(-c2ccccc2)n1. The summed E-state index contributed by atoms with van der Waals surface area (Å²) in [4.78, 5) is 22.0. The molecule has 1 heterocycles. The molecule has 0 saturated carbocycles. The van der Waals surface area contributed by atoms with Crippen LogP contribution in [0, 0.1) is 5.92 Å². The van der Waals surface area contributed by atoms with Gasteiger partial charge in [-0.25, -0.2) is 14.4 Å². The van der Waals surface area contributed by atoms with E-state index in [1.54, 1.807) is 12.3 Å². The minimum Gasteiger partial charge on any atom is -0.309 e. The number of benzene rings is 2. The van der Waals surface area contributed by atoms with Gasteiger partial charge in [-0.15, -0.1) is 0 Å². The van der Waals surface area contributed by atoms with Crippen molar-refractivity contribution in [3.05, 3.63) is 94.5 Å². The minimum atomic E-state index is -0.170. The zero-order chi connectivity index (χ0) is 21.8. The summed E-state index contributed by atoms with van der Waals surface area (Å²) in [5.74, 6) is 0.102. The number of aromatic nitrogens is 2. The predicted octanol–water partition coefficient (Wildman–Crippen LogP) is 6.36. The van der Waals surface area contributed by atoms with Crippen molar-refractivity contribution in [1.29, 1.82) is 0 Å². The van der Waals surface area contributed by atoms with Crippen molar-refractivity contribution in [2.75, 3.05) is 5.32 Å². The Hall–Kier alpha value is -3.12. The van der Waals surface area contributed by atoms with Crippen LogP contribution in [-0.2, 0) is 11.2 Å². The first kappa shape index (κ1) is 21.1. The molecule has 0 radical (unpaired) electrons. The fraction of sp³-hybridized carbons (Fsp3) is 0.160. The largest absolute Gasteiger partial charge is 0.309 e. The van der Waals surface area contributed by atoms with E-state index in [2.05, 4.69) is 26.2 Å². The van der Waals surface area contributed by atoms with E-state index in [0.717, 1.165) is 21.2 Å². The van der Waals surface area contributed by atoms with Gasteiger partial charge >= 0.3 is 0 Å². The second-order valence-electron chi connectivity index (χ2n) is 7.51. The Labute approximate surface area is 189 Å². The predicted molar refractivity (Wildman–Crippen MR) is 125 cm³/mol. The number of allylic oxidation sites excluding steroid dienone is 4.